The molecule has 0 bridgehead atoms. The van der Waals surface area contributed by atoms with Gasteiger partial charge in [-0.05, 0) is 12.3 Å². The van der Waals surface area contributed by atoms with E-state index in [1.807, 2.05) is 0 Å². The topological polar surface area (TPSA) is 55.4 Å². The number of ether oxygens (including phenoxy) is 1. The molecular formula is C13H17F6NO3. The predicted molar refractivity (Wildman–Crippen MR) is 68.2 cm³/mol. The molecule has 0 radical (unpaired) electrons. The molecule has 0 spiro atoms. The fourth-order valence-electron chi connectivity index (χ4n) is 1.73. The van der Waals surface area contributed by atoms with Gasteiger partial charge in [0.05, 0.1) is 0 Å². The van der Waals surface area contributed by atoms with Gasteiger partial charge in [-0.2, -0.15) is 26.3 Å². The van der Waals surface area contributed by atoms with Gasteiger partial charge in [0.25, 0.3) is 0 Å². The summed E-state index contributed by atoms with van der Waals surface area (Å²) in [6, 6.07) is -1.13. The Kier molecular flexibility index (Phi) is 7.59. The Hall–Kier alpha value is -1.74. The van der Waals surface area contributed by atoms with Crippen molar-refractivity contribution in [3.63, 3.8) is 0 Å². The van der Waals surface area contributed by atoms with Crippen molar-refractivity contribution >= 4 is 11.9 Å². The minimum atomic E-state index is -5.23. The molecule has 0 aromatic heterocycles. The highest BCUT2D eigenvalue weighted by Gasteiger charge is 2.43. The second-order valence-corrected chi connectivity index (χ2v) is 5.21. The summed E-state index contributed by atoms with van der Waals surface area (Å²) >= 11 is 0. The number of esters is 1. The summed E-state index contributed by atoms with van der Waals surface area (Å²) in [6.07, 6.45) is -11.4. The standard InChI is InChI=1S/C13H17F6NO3/c1-4-9(23-11(22)13(17,18)19)6-8(5-7(2)3)20-10(21)12(14,15)16/h4,7-9H,1,5-6H2,2-3H3,(H,20,21)/t8-,9-/m1/s1. The van der Waals surface area contributed by atoms with Gasteiger partial charge in [-0.15, -0.1) is 0 Å². The molecule has 0 aliphatic heterocycles. The van der Waals surface area contributed by atoms with Crippen LogP contribution in [0.4, 0.5) is 26.3 Å². The van der Waals surface area contributed by atoms with E-state index in [1.165, 1.54) is 0 Å². The van der Waals surface area contributed by atoms with Crippen molar-refractivity contribution in [1.29, 1.82) is 0 Å². The molecule has 0 saturated carbocycles. The van der Waals surface area contributed by atoms with E-state index in [0.717, 1.165) is 6.08 Å². The second-order valence-electron chi connectivity index (χ2n) is 5.21. The molecule has 0 saturated heterocycles. The first-order chi connectivity index (χ1) is 10.3. The molecular weight excluding hydrogens is 332 g/mol. The van der Waals surface area contributed by atoms with Crippen molar-refractivity contribution in [1.82, 2.24) is 5.32 Å². The quantitative estimate of drug-likeness (QED) is 0.436. The largest absolute Gasteiger partial charge is 0.490 e. The summed E-state index contributed by atoms with van der Waals surface area (Å²) < 4.78 is 77.3. The lowest BCUT2D eigenvalue weighted by Crippen LogP contribution is -2.45. The molecule has 0 rings (SSSR count). The highest BCUT2D eigenvalue weighted by atomic mass is 19.4. The Morgan fingerprint density at radius 3 is 1.96 bits per heavy atom. The zero-order chi connectivity index (χ0) is 18.4. The SMILES string of the molecule is C=C[C@H](C[C@@H](CC(C)C)NC(=O)C(F)(F)F)OC(=O)C(F)(F)F. The number of rotatable bonds is 7. The van der Waals surface area contributed by atoms with Crippen molar-refractivity contribution in [2.75, 3.05) is 0 Å². The zero-order valence-electron chi connectivity index (χ0n) is 12.4. The zero-order valence-corrected chi connectivity index (χ0v) is 12.4. The third-order valence-electron chi connectivity index (χ3n) is 2.62. The summed E-state index contributed by atoms with van der Waals surface area (Å²) in [7, 11) is 0. The van der Waals surface area contributed by atoms with Crippen LogP contribution < -0.4 is 5.32 Å². The van der Waals surface area contributed by atoms with Crippen LogP contribution in [-0.4, -0.2) is 36.4 Å². The lowest BCUT2D eigenvalue weighted by molar-refractivity contribution is -0.203. The number of alkyl halides is 6. The molecule has 1 N–H and O–H groups in total. The first-order valence-corrected chi connectivity index (χ1v) is 6.55. The lowest BCUT2D eigenvalue weighted by Gasteiger charge is -2.25. The van der Waals surface area contributed by atoms with Gasteiger partial charge >= 0.3 is 24.2 Å². The minimum Gasteiger partial charge on any atom is -0.451 e. The maximum Gasteiger partial charge on any atom is 0.490 e. The van der Waals surface area contributed by atoms with Crippen molar-refractivity contribution in [3.05, 3.63) is 12.7 Å². The van der Waals surface area contributed by atoms with E-state index in [0.29, 0.717) is 0 Å². The van der Waals surface area contributed by atoms with Crippen LogP contribution in [0.2, 0.25) is 0 Å². The number of carbonyl (C=O) groups excluding carboxylic acids is 2. The van der Waals surface area contributed by atoms with Crippen LogP contribution in [0.15, 0.2) is 12.7 Å². The second kappa shape index (κ2) is 8.21. The summed E-state index contributed by atoms with van der Waals surface area (Å²) in [5, 5.41) is 1.68. The minimum absolute atomic E-state index is 0.0513. The van der Waals surface area contributed by atoms with Gasteiger partial charge in [0.15, 0.2) is 0 Å². The molecule has 10 heteroatoms. The van der Waals surface area contributed by atoms with Crippen molar-refractivity contribution in [2.45, 2.75) is 51.2 Å². The summed E-state index contributed by atoms with van der Waals surface area (Å²) in [5.74, 6) is -4.85. The van der Waals surface area contributed by atoms with E-state index in [9.17, 15) is 35.9 Å². The molecule has 2 atom stereocenters. The third kappa shape index (κ3) is 8.46. The van der Waals surface area contributed by atoms with E-state index in [1.54, 1.807) is 19.2 Å². The Balaban J connectivity index is 4.94. The molecule has 4 nitrogen and oxygen atoms in total. The van der Waals surface area contributed by atoms with Crippen molar-refractivity contribution < 1.29 is 40.7 Å². The Labute approximate surface area is 128 Å². The number of hydrogen-bond acceptors (Lipinski definition) is 3. The van der Waals surface area contributed by atoms with E-state index in [-0.39, 0.29) is 12.3 Å². The Bertz CT molecular complexity index is 430. The Morgan fingerprint density at radius 1 is 1.09 bits per heavy atom. The van der Waals surface area contributed by atoms with Gasteiger partial charge in [0.1, 0.15) is 6.10 Å². The number of amides is 1. The molecule has 1 amide bonds. The monoisotopic (exact) mass is 349 g/mol. The maximum atomic E-state index is 12.3. The fraction of sp³-hybridized carbons (Fsp3) is 0.692. The molecule has 23 heavy (non-hydrogen) atoms. The highest BCUT2D eigenvalue weighted by molar-refractivity contribution is 5.82. The molecule has 0 aliphatic carbocycles. The van der Waals surface area contributed by atoms with Crippen LogP contribution in [-0.2, 0) is 14.3 Å². The number of nitrogens with one attached hydrogen (secondary N) is 1. The molecule has 0 heterocycles. The van der Waals surface area contributed by atoms with Gasteiger partial charge < -0.3 is 10.1 Å². The number of halogens is 6. The smallest absolute Gasteiger partial charge is 0.451 e. The van der Waals surface area contributed by atoms with Crippen LogP contribution in [0.1, 0.15) is 26.7 Å². The van der Waals surface area contributed by atoms with Crippen LogP contribution in [0.3, 0.4) is 0 Å². The maximum absolute atomic E-state index is 12.3. The fourth-order valence-corrected chi connectivity index (χ4v) is 1.73. The number of carbonyl (C=O) groups is 2. The van der Waals surface area contributed by atoms with E-state index in [4.69, 9.17) is 0 Å². The predicted octanol–water partition coefficient (Wildman–Crippen LogP) is 3.13. The van der Waals surface area contributed by atoms with Gasteiger partial charge in [-0.25, -0.2) is 4.79 Å². The van der Waals surface area contributed by atoms with Crippen LogP contribution >= 0.6 is 0 Å². The van der Waals surface area contributed by atoms with Crippen LogP contribution in [0.5, 0.6) is 0 Å². The summed E-state index contributed by atoms with van der Waals surface area (Å²) in [4.78, 5) is 21.7. The summed E-state index contributed by atoms with van der Waals surface area (Å²) in [6.45, 7) is 6.48. The highest BCUT2D eigenvalue weighted by Crippen LogP contribution is 2.21. The summed E-state index contributed by atoms with van der Waals surface area (Å²) in [5.41, 5.74) is 0. The molecule has 134 valence electrons. The first kappa shape index (κ1) is 21.3. The average molecular weight is 349 g/mol. The van der Waals surface area contributed by atoms with E-state index < -0.39 is 42.8 Å². The molecule has 0 unspecified atom stereocenters. The van der Waals surface area contributed by atoms with Crippen LogP contribution in [0.25, 0.3) is 0 Å². The van der Waals surface area contributed by atoms with Crippen molar-refractivity contribution in [3.8, 4) is 0 Å². The molecule has 0 aromatic carbocycles. The lowest BCUT2D eigenvalue weighted by atomic mass is 9.98. The molecule has 0 aliphatic rings. The average Bonchev–Trinajstić information content (AvgIpc) is 2.34. The molecule has 0 fully saturated rings. The molecule has 0 aromatic rings. The van der Waals surface area contributed by atoms with Gasteiger partial charge in [-0.3, -0.25) is 4.79 Å². The van der Waals surface area contributed by atoms with Gasteiger partial charge in [0, 0.05) is 12.5 Å². The van der Waals surface area contributed by atoms with Gasteiger partial charge in [-0.1, -0.05) is 26.5 Å². The van der Waals surface area contributed by atoms with Gasteiger partial charge in [0.2, 0.25) is 0 Å². The van der Waals surface area contributed by atoms with E-state index in [2.05, 4.69) is 11.3 Å². The van der Waals surface area contributed by atoms with E-state index >= 15 is 0 Å². The number of hydrogen-bond donors (Lipinski definition) is 1. The van der Waals surface area contributed by atoms with Crippen molar-refractivity contribution in [2.24, 2.45) is 5.92 Å². The third-order valence-corrected chi connectivity index (χ3v) is 2.62. The Morgan fingerprint density at radius 2 is 1.61 bits per heavy atom. The first-order valence-electron chi connectivity index (χ1n) is 6.55. The normalized spacial score (nSPS) is 15.0. The van der Waals surface area contributed by atoms with Crippen LogP contribution in [0, 0.1) is 5.92 Å².